The van der Waals surface area contributed by atoms with Crippen LogP contribution in [0.5, 0.6) is 0 Å². The van der Waals surface area contributed by atoms with Crippen molar-refractivity contribution >= 4 is 33.3 Å². The predicted molar refractivity (Wildman–Crippen MR) is 74.1 cm³/mol. The standard InChI is InChI=1S/C13H15BrN2O2/c14-9-1-2-11-12(7-9)16(4-3-15-11)10-5-8(6-10)13(17)18/h1-2,7-8,10,15H,3-6H2,(H,17,18). The number of fused-ring (bicyclic) bond motifs is 1. The minimum atomic E-state index is -0.657. The van der Waals surface area contributed by atoms with Gasteiger partial charge in [0.05, 0.1) is 17.3 Å². The van der Waals surface area contributed by atoms with E-state index >= 15 is 0 Å². The summed E-state index contributed by atoms with van der Waals surface area (Å²) in [5.74, 6) is -0.809. The number of carboxylic acid groups (broad SMARTS) is 1. The van der Waals surface area contributed by atoms with Crippen molar-refractivity contribution in [3.05, 3.63) is 22.7 Å². The average Bonchev–Trinajstić information content (AvgIpc) is 2.27. The van der Waals surface area contributed by atoms with Crippen molar-refractivity contribution in [3.8, 4) is 0 Å². The van der Waals surface area contributed by atoms with Crippen LogP contribution in [0.25, 0.3) is 0 Å². The molecule has 0 spiro atoms. The molecule has 0 bridgehead atoms. The lowest BCUT2D eigenvalue weighted by Gasteiger charge is -2.45. The summed E-state index contributed by atoms with van der Waals surface area (Å²) in [5.41, 5.74) is 2.33. The number of rotatable bonds is 2. The lowest BCUT2D eigenvalue weighted by atomic mass is 9.79. The number of anilines is 2. The minimum absolute atomic E-state index is 0.152. The summed E-state index contributed by atoms with van der Waals surface area (Å²) in [6, 6.07) is 6.58. The number of carbonyl (C=O) groups is 1. The van der Waals surface area contributed by atoms with Gasteiger partial charge in [0.15, 0.2) is 0 Å². The molecule has 0 unspecified atom stereocenters. The van der Waals surface area contributed by atoms with E-state index in [4.69, 9.17) is 5.11 Å². The molecule has 3 rings (SSSR count). The van der Waals surface area contributed by atoms with Gasteiger partial charge in [-0.1, -0.05) is 15.9 Å². The van der Waals surface area contributed by atoms with E-state index in [0.29, 0.717) is 6.04 Å². The van der Waals surface area contributed by atoms with Gasteiger partial charge in [0.25, 0.3) is 0 Å². The molecule has 18 heavy (non-hydrogen) atoms. The van der Waals surface area contributed by atoms with E-state index in [2.05, 4.69) is 38.3 Å². The third-order valence-corrected chi connectivity index (χ3v) is 4.33. The van der Waals surface area contributed by atoms with Crippen LogP contribution in [-0.2, 0) is 4.79 Å². The summed E-state index contributed by atoms with van der Waals surface area (Å²) in [6.07, 6.45) is 1.53. The fraction of sp³-hybridized carbons (Fsp3) is 0.462. The maximum atomic E-state index is 10.9. The first-order valence-corrected chi connectivity index (χ1v) is 6.97. The molecule has 0 amide bonds. The van der Waals surface area contributed by atoms with E-state index in [1.807, 2.05) is 6.07 Å². The van der Waals surface area contributed by atoms with Crippen molar-refractivity contribution in [1.29, 1.82) is 0 Å². The molecule has 96 valence electrons. The van der Waals surface area contributed by atoms with Gasteiger partial charge in [0, 0.05) is 23.6 Å². The highest BCUT2D eigenvalue weighted by Gasteiger charge is 2.39. The van der Waals surface area contributed by atoms with Crippen molar-refractivity contribution in [1.82, 2.24) is 0 Å². The largest absolute Gasteiger partial charge is 0.481 e. The highest BCUT2D eigenvalue weighted by atomic mass is 79.9. The molecule has 1 fully saturated rings. The number of hydrogen-bond acceptors (Lipinski definition) is 3. The van der Waals surface area contributed by atoms with Crippen molar-refractivity contribution in [2.24, 2.45) is 5.92 Å². The van der Waals surface area contributed by atoms with E-state index in [1.54, 1.807) is 0 Å². The second kappa shape index (κ2) is 4.46. The second-order valence-corrected chi connectivity index (χ2v) is 5.86. The first-order valence-electron chi connectivity index (χ1n) is 6.18. The third-order valence-electron chi connectivity index (χ3n) is 3.84. The van der Waals surface area contributed by atoms with Crippen molar-refractivity contribution < 1.29 is 9.90 Å². The van der Waals surface area contributed by atoms with Crippen LogP contribution in [0.3, 0.4) is 0 Å². The lowest BCUT2D eigenvalue weighted by molar-refractivity contribution is -0.145. The Morgan fingerprint density at radius 2 is 2.22 bits per heavy atom. The van der Waals surface area contributed by atoms with Gasteiger partial charge in [-0.25, -0.2) is 0 Å². The second-order valence-electron chi connectivity index (χ2n) is 4.94. The fourth-order valence-corrected chi connectivity index (χ4v) is 3.10. The Labute approximate surface area is 114 Å². The van der Waals surface area contributed by atoms with E-state index < -0.39 is 5.97 Å². The minimum Gasteiger partial charge on any atom is -0.481 e. The zero-order valence-corrected chi connectivity index (χ0v) is 11.5. The highest BCUT2D eigenvalue weighted by molar-refractivity contribution is 9.10. The summed E-state index contributed by atoms with van der Waals surface area (Å²) >= 11 is 3.49. The molecule has 2 N–H and O–H groups in total. The number of nitrogens with one attached hydrogen (secondary N) is 1. The number of nitrogens with zero attached hydrogens (tertiary/aromatic N) is 1. The van der Waals surface area contributed by atoms with E-state index in [-0.39, 0.29) is 5.92 Å². The van der Waals surface area contributed by atoms with Crippen molar-refractivity contribution in [2.75, 3.05) is 23.3 Å². The molecule has 1 aliphatic heterocycles. The number of carboxylic acids is 1. The monoisotopic (exact) mass is 310 g/mol. The van der Waals surface area contributed by atoms with Gasteiger partial charge in [-0.05, 0) is 31.0 Å². The molecule has 0 aromatic heterocycles. The maximum absolute atomic E-state index is 10.9. The molecule has 2 aliphatic rings. The van der Waals surface area contributed by atoms with Crippen LogP contribution in [0.4, 0.5) is 11.4 Å². The molecule has 1 aromatic rings. The van der Waals surface area contributed by atoms with Crippen molar-refractivity contribution in [2.45, 2.75) is 18.9 Å². The Kier molecular flexibility index (Phi) is 2.93. The number of hydrogen-bond donors (Lipinski definition) is 2. The SMILES string of the molecule is O=C(O)C1CC(N2CCNc3ccc(Br)cc32)C1. The smallest absolute Gasteiger partial charge is 0.306 e. The molecule has 4 nitrogen and oxygen atoms in total. The van der Waals surface area contributed by atoms with E-state index in [9.17, 15) is 4.79 Å². The van der Waals surface area contributed by atoms with E-state index in [0.717, 1.165) is 36.1 Å². The number of aliphatic carboxylic acids is 1. The quantitative estimate of drug-likeness (QED) is 0.881. The summed E-state index contributed by atoms with van der Waals surface area (Å²) in [7, 11) is 0. The Bertz CT molecular complexity index is 486. The van der Waals surface area contributed by atoms with Gasteiger partial charge in [0.1, 0.15) is 0 Å². The van der Waals surface area contributed by atoms with Crippen LogP contribution in [0, 0.1) is 5.92 Å². The molecule has 5 heteroatoms. The lowest BCUT2D eigenvalue weighted by Crippen LogP contribution is -2.50. The summed E-state index contributed by atoms with van der Waals surface area (Å²) in [6.45, 7) is 1.86. The van der Waals surface area contributed by atoms with Crippen LogP contribution < -0.4 is 10.2 Å². The molecule has 0 radical (unpaired) electrons. The van der Waals surface area contributed by atoms with Gasteiger partial charge in [-0.15, -0.1) is 0 Å². The average molecular weight is 311 g/mol. The summed E-state index contributed by atoms with van der Waals surface area (Å²) < 4.78 is 1.06. The molecule has 1 aliphatic carbocycles. The van der Waals surface area contributed by atoms with Gasteiger partial charge < -0.3 is 15.3 Å². The van der Waals surface area contributed by atoms with Crippen LogP contribution >= 0.6 is 15.9 Å². The zero-order valence-electron chi connectivity index (χ0n) is 9.90. The molecule has 1 aromatic carbocycles. The number of halogens is 1. The van der Waals surface area contributed by atoms with E-state index in [1.165, 1.54) is 5.69 Å². The van der Waals surface area contributed by atoms with Crippen LogP contribution in [-0.4, -0.2) is 30.2 Å². The first-order chi connectivity index (χ1) is 8.65. The molecular weight excluding hydrogens is 296 g/mol. The summed E-state index contributed by atoms with van der Waals surface area (Å²) in [4.78, 5) is 13.2. The fourth-order valence-electron chi connectivity index (χ4n) is 2.75. The Morgan fingerprint density at radius 1 is 1.44 bits per heavy atom. The van der Waals surface area contributed by atoms with Gasteiger partial charge in [-0.2, -0.15) is 0 Å². The van der Waals surface area contributed by atoms with Gasteiger partial charge >= 0.3 is 5.97 Å². The Balaban J connectivity index is 1.80. The van der Waals surface area contributed by atoms with Gasteiger partial charge in [0.2, 0.25) is 0 Å². The topological polar surface area (TPSA) is 52.6 Å². The highest BCUT2D eigenvalue weighted by Crippen LogP contribution is 2.40. The molecule has 0 atom stereocenters. The zero-order chi connectivity index (χ0) is 12.7. The molecule has 0 saturated heterocycles. The first kappa shape index (κ1) is 11.8. The predicted octanol–water partition coefficient (Wildman–Crippen LogP) is 2.54. The summed E-state index contributed by atoms with van der Waals surface area (Å²) in [5, 5.41) is 12.3. The van der Waals surface area contributed by atoms with Crippen molar-refractivity contribution in [3.63, 3.8) is 0 Å². The maximum Gasteiger partial charge on any atom is 0.306 e. The Morgan fingerprint density at radius 3 is 2.94 bits per heavy atom. The number of benzene rings is 1. The molecular formula is C13H15BrN2O2. The normalized spacial score (nSPS) is 25.9. The molecule has 1 saturated carbocycles. The van der Waals surface area contributed by atoms with Crippen LogP contribution in [0.15, 0.2) is 22.7 Å². The van der Waals surface area contributed by atoms with Gasteiger partial charge in [-0.3, -0.25) is 4.79 Å². The van der Waals surface area contributed by atoms with Crippen LogP contribution in [0.1, 0.15) is 12.8 Å². The third kappa shape index (κ3) is 1.96. The van der Waals surface area contributed by atoms with Crippen LogP contribution in [0.2, 0.25) is 0 Å². The Hall–Kier alpha value is -1.23. The molecule has 1 heterocycles.